The van der Waals surface area contributed by atoms with Crippen molar-refractivity contribution in [1.29, 1.82) is 0 Å². The van der Waals surface area contributed by atoms with Crippen LogP contribution >= 0.6 is 0 Å². The number of hydrogen-bond acceptors (Lipinski definition) is 8. The average Bonchev–Trinajstić information content (AvgIpc) is 3.41. The average molecular weight is 609 g/mol. The molecule has 2 aliphatic heterocycles. The number of carbonyl (C=O) groups is 1. The van der Waals surface area contributed by atoms with Crippen LogP contribution in [-0.2, 0) is 22.1 Å². The number of amides is 1. The van der Waals surface area contributed by atoms with Crippen LogP contribution in [0.3, 0.4) is 0 Å². The molecule has 2 saturated heterocycles. The van der Waals surface area contributed by atoms with E-state index in [1.807, 2.05) is 4.72 Å². The Morgan fingerprint density at radius 1 is 1.14 bits per heavy atom. The first-order chi connectivity index (χ1) is 19.9. The smallest absolute Gasteiger partial charge is 0.301 e. The van der Waals surface area contributed by atoms with E-state index in [4.69, 9.17) is 0 Å². The number of rotatable bonds is 8. The summed E-state index contributed by atoms with van der Waals surface area (Å²) in [6.45, 7) is 5.15. The summed E-state index contributed by atoms with van der Waals surface area (Å²) in [5.74, 6) is -2.03. The highest BCUT2D eigenvalue weighted by Gasteiger charge is 2.32. The molecule has 2 aliphatic rings. The molecule has 16 heteroatoms. The largest absolute Gasteiger partial charge is 0.353 e. The summed E-state index contributed by atoms with van der Waals surface area (Å²) in [5, 5.41) is 3.44. The first-order valence-electron chi connectivity index (χ1n) is 13.4. The summed E-state index contributed by atoms with van der Waals surface area (Å²) in [4.78, 5) is 37.4. The normalized spacial score (nSPS) is 18.5. The van der Waals surface area contributed by atoms with Gasteiger partial charge in [-0.15, -0.1) is 0 Å². The molecule has 1 atom stereocenters. The Balaban J connectivity index is 1.35. The van der Waals surface area contributed by atoms with E-state index in [0.29, 0.717) is 31.6 Å². The number of pyridine rings is 1. The molecule has 0 radical (unpaired) electrons. The standard InChI is InChI=1S/C26H31F3N8O4S/c1-16(38)36-11-9-35(10-12-36)8-6-30-26-31-14-17-13-19(25(39)34(2)24(17)32-26)22-20(28)3-4-21(23(22)29)33-42(40,41)37-7-5-18(27)15-37/h3-4,13-14,18,33H,5-12,15H2,1-2H3,(H,30,31,32)/t18-/m1/s1. The number of aryl methyl sites for hydroxylation is 1. The van der Waals surface area contributed by atoms with E-state index in [2.05, 4.69) is 20.2 Å². The minimum Gasteiger partial charge on any atom is -0.353 e. The van der Waals surface area contributed by atoms with Gasteiger partial charge >= 0.3 is 10.2 Å². The lowest BCUT2D eigenvalue weighted by molar-refractivity contribution is -0.130. The molecule has 2 N–H and O–H groups in total. The molecule has 0 unspecified atom stereocenters. The highest BCUT2D eigenvalue weighted by atomic mass is 32.2. The van der Waals surface area contributed by atoms with Crippen LogP contribution in [0.25, 0.3) is 22.2 Å². The number of aromatic nitrogens is 3. The Kier molecular flexibility index (Phi) is 8.39. The monoisotopic (exact) mass is 608 g/mol. The zero-order chi connectivity index (χ0) is 30.2. The number of carbonyl (C=O) groups excluding carboxylic acids is 1. The summed E-state index contributed by atoms with van der Waals surface area (Å²) in [6.07, 6.45) is 0.107. The van der Waals surface area contributed by atoms with Crippen molar-refractivity contribution in [3.63, 3.8) is 0 Å². The SMILES string of the molecule is CC(=O)N1CCN(CCNc2ncc3cc(-c4c(F)ccc(NS(=O)(=O)N5CC[C@@H](F)C5)c4F)c(=O)n(C)c3n2)CC1. The molecule has 226 valence electrons. The topological polar surface area (TPSA) is 133 Å². The lowest BCUT2D eigenvalue weighted by atomic mass is 10.0. The lowest BCUT2D eigenvalue weighted by Gasteiger charge is -2.34. The molecule has 1 amide bonds. The van der Waals surface area contributed by atoms with Gasteiger partial charge in [0.05, 0.1) is 16.8 Å². The summed E-state index contributed by atoms with van der Waals surface area (Å²) in [6, 6.07) is 3.01. The maximum absolute atomic E-state index is 15.6. The number of nitrogens with one attached hydrogen (secondary N) is 2. The van der Waals surface area contributed by atoms with Gasteiger partial charge in [0.1, 0.15) is 17.6 Å². The molecule has 12 nitrogen and oxygen atoms in total. The predicted octanol–water partition coefficient (Wildman–Crippen LogP) is 1.55. The van der Waals surface area contributed by atoms with E-state index in [1.165, 1.54) is 19.3 Å². The van der Waals surface area contributed by atoms with Gasteiger partial charge in [0.2, 0.25) is 11.9 Å². The van der Waals surface area contributed by atoms with Gasteiger partial charge in [0.15, 0.2) is 5.82 Å². The predicted molar refractivity (Wildman–Crippen MR) is 151 cm³/mol. The lowest BCUT2D eigenvalue weighted by Crippen LogP contribution is -2.49. The molecule has 0 bridgehead atoms. The fraction of sp³-hybridized carbons (Fsp3) is 0.462. The van der Waals surface area contributed by atoms with Crippen LogP contribution in [0.15, 0.2) is 29.2 Å². The highest BCUT2D eigenvalue weighted by Crippen LogP contribution is 2.31. The molecule has 1 aromatic carbocycles. The second kappa shape index (κ2) is 11.9. The number of benzene rings is 1. The van der Waals surface area contributed by atoms with Crippen LogP contribution in [-0.4, -0.2) is 101 Å². The van der Waals surface area contributed by atoms with Gasteiger partial charge in [-0.3, -0.25) is 23.8 Å². The van der Waals surface area contributed by atoms with Crippen LogP contribution in [0.2, 0.25) is 0 Å². The van der Waals surface area contributed by atoms with Crippen molar-refractivity contribution in [2.75, 3.05) is 62.4 Å². The van der Waals surface area contributed by atoms with E-state index in [0.717, 1.165) is 34.1 Å². The molecule has 0 saturated carbocycles. The summed E-state index contributed by atoms with van der Waals surface area (Å²) in [5.41, 5.74) is -2.17. The highest BCUT2D eigenvalue weighted by molar-refractivity contribution is 7.90. The molecule has 5 rings (SSSR count). The number of hydrogen-bond donors (Lipinski definition) is 2. The van der Waals surface area contributed by atoms with Crippen molar-refractivity contribution in [2.45, 2.75) is 19.5 Å². The van der Waals surface area contributed by atoms with E-state index in [9.17, 15) is 26.8 Å². The molecule has 4 heterocycles. The first-order valence-corrected chi connectivity index (χ1v) is 14.9. The third-order valence-corrected chi connectivity index (χ3v) is 9.00. The number of piperazine rings is 1. The molecule has 0 spiro atoms. The number of fused-ring (bicyclic) bond motifs is 1. The Morgan fingerprint density at radius 3 is 2.55 bits per heavy atom. The maximum atomic E-state index is 15.6. The van der Waals surface area contributed by atoms with Gasteiger partial charge in [-0.2, -0.15) is 17.7 Å². The fourth-order valence-electron chi connectivity index (χ4n) is 5.11. The van der Waals surface area contributed by atoms with Crippen LogP contribution in [0, 0.1) is 11.6 Å². The summed E-state index contributed by atoms with van der Waals surface area (Å²) >= 11 is 0. The second-order valence-electron chi connectivity index (χ2n) is 10.3. The molecular formula is C26H31F3N8O4S. The van der Waals surface area contributed by atoms with Crippen molar-refractivity contribution < 1.29 is 26.4 Å². The molecule has 42 heavy (non-hydrogen) atoms. The van der Waals surface area contributed by atoms with Crippen LogP contribution < -0.4 is 15.6 Å². The van der Waals surface area contributed by atoms with Crippen molar-refractivity contribution in [2.24, 2.45) is 7.05 Å². The second-order valence-corrected chi connectivity index (χ2v) is 12.0. The number of anilines is 2. The van der Waals surface area contributed by atoms with Crippen molar-refractivity contribution in [3.8, 4) is 11.1 Å². The van der Waals surface area contributed by atoms with Crippen molar-refractivity contribution >= 4 is 38.8 Å². The fourth-order valence-corrected chi connectivity index (χ4v) is 6.38. The van der Waals surface area contributed by atoms with E-state index in [-0.39, 0.29) is 42.6 Å². The Morgan fingerprint density at radius 2 is 1.88 bits per heavy atom. The minimum atomic E-state index is -4.31. The quantitative estimate of drug-likeness (QED) is 0.394. The van der Waals surface area contributed by atoms with Gasteiger partial charge in [-0.1, -0.05) is 0 Å². The zero-order valence-corrected chi connectivity index (χ0v) is 23.9. The van der Waals surface area contributed by atoms with Gasteiger partial charge in [-0.05, 0) is 24.6 Å². The van der Waals surface area contributed by atoms with Crippen molar-refractivity contribution in [1.82, 2.24) is 28.6 Å². The molecular weight excluding hydrogens is 577 g/mol. The number of alkyl halides is 1. The molecule has 0 aliphatic carbocycles. The van der Waals surface area contributed by atoms with Gasteiger partial charge in [0, 0.05) is 77.9 Å². The Labute approximate surface area is 240 Å². The van der Waals surface area contributed by atoms with Crippen LogP contribution in [0.4, 0.5) is 24.8 Å². The third kappa shape index (κ3) is 6.05. The molecule has 2 fully saturated rings. The van der Waals surface area contributed by atoms with E-state index >= 15 is 4.39 Å². The van der Waals surface area contributed by atoms with Crippen LogP contribution in [0.1, 0.15) is 13.3 Å². The molecule has 2 aromatic heterocycles. The maximum Gasteiger partial charge on any atom is 0.301 e. The van der Waals surface area contributed by atoms with Crippen molar-refractivity contribution in [3.05, 3.63) is 46.4 Å². The summed E-state index contributed by atoms with van der Waals surface area (Å²) in [7, 11) is -2.90. The third-order valence-electron chi connectivity index (χ3n) is 7.51. The Hall–Kier alpha value is -3.76. The van der Waals surface area contributed by atoms with Gasteiger partial charge in [0.25, 0.3) is 5.56 Å². The molecule has 3 aromatic rings. The minimum absolute atomic E-state index is 0.0179. The van der Waals surface area contributed by atoms with Gasteiger partial charge in [-0.25, -0.2) is 18.2 Å². The van der Waals surface area contributed by atoms with Crippen LogP contribution in [0.5, 0.6) is 0 Å². The van der Waals surface area contributed by atoms with E-state index < -0.39 is 44.8 Å². The first kappa shape index (κ1) is 29.7. The Bertz CT molecular complexity index is 1680. The zero-order valence-electron chi connectivity index (χ0n) is 23.1. The van der Waals surface area contributed by atoms with Gasteiger partial charge < -0.3 is 10.2 Å². The van der Waals surface area contributed by atoms with E-state index in [1.54, 1.807) is 11.8 Å². The number of nitrogens with zero attached hydrogens (tertiary/aromatic N) is 6. The number of halogens is 3. The summed E-state index contributed by atoms with van der Waals surface area (Å²) < 4.78 is 73.4.